The number of aromatic nitrogens is 4. The van der Waals surface area contributed by atoms with Gasteiger partial charge in [-0.15, -0.1) is 5.39 Å². The molecule has 49 heavy (non-hydrogen) atoms. The van der Waals surface area contributed by atoms with Crippen molar-refractivity contribution in [1.29, 1.82) is 0 Å². The van der Waals surface area contributed by atoms with E-state index in [0.717, 1.165) is 55.9 Å². The number of imidazole rings is 1. The Morgan fingerprint density at radius 1 is 0.755 bits per heavy atom. The molecule has 0 saturated heterocycles. The minimum absolute atomic E-state index is 0. The third-order valence-corrected chi connectivity index (χ3v) is 9.43. The molecule has 0 bridgehead atoms. The van der Waals surface area contributed by atoms with E-state index in [-0.39, 0.29) is 26.5 Å². The maximum Gasteiger partial charge on any atom is 0.268 e. The van der Waals surface area contributed by atoms with Gasteiger partial charge in [0, 0.05) is 38.3 Å². The molecule has 6 heteroatoms. The van der Waals surface area contributed by atoms with E-state index in [0.29, 0.717) is 19.6 Å². The van der Waals surface area contributed by atoms with Gasteiger partial charge in [-0.3, -0.25) is 4.57 Å². The van der Waals surface area contributed by atoms with E-state index in [1.807, 2.05) is 12.3 Å². The van der Waals surface area contributed by atoms with Crippen molar-refractivity contribution < 1.29 is 30.4 Å². The number of pyridine rings is 1. The summed E-state index contributed by atoms with van der Waals surface area (Å²) in [6.07, 6.45) is 6.30. The van der Waals surface area contributed by atoms with Gasteiger partial charge in [0.25, 0.3) is 6.33 Å². The van der Waals surface area contributed by atoms with Gasteiger partial charge in [0.15, 0.2) is 0 Å². The Balaban J connectivity index is 0.00000348. The first kappa shape index (κ1) is 31.4. The Kier molecular flexibility index (Phi) is 7.86. The number of fused-ring (bicyclic) bond motifs is 5. The Bertz CT molecular complexity index is 2500. The van der Waals surface area contributed by atoms with Crippen LogP contribution in [0.15, 0.2) is 115 Å². The second kappa shape index (κ2) is 12.2. The van der Waals surface area contributed by atoms with Crippen LogP contribution >= 0.6 is 0 Å². The minimum Gasteiger partial charge on any atom is -0.372 e. The number of rotatable bonds is 5. The molecule has 1 aliphatic rings. The monoisotopic (exact) mass is 817 g/mol. The van der Waals surface area contributed by atoms with E-state index in [2.05, 4.69) is 156 Å². The van der Waals surface area contributed by atoms with Crippen LogP contribution in [0.3, 0.4) is 0 Å². The van der Waals surface area contributed by atoms with Gasteiger partial charge in [0.2, 0.25) is 0 Å². The second-order valence-electron chi connectivity index (χ2n) is 13.7. The maximum absolute atomic E-state index is 5.70. The number of ether oxygens (including phenoxy) is 1. The van der Waals surface area contributed by atoms with Gasteiger partial charge < -0.3 is 13.9 Å². The average molecular weight is 818 g/mol. The summed E-state index contributed by atoms with van der Waals surface area (Å²) >= 11 is 0. The van der Waals surface area contributed by atoms with E-state index in [4.69, 9.17) is 9.72 Å². The summed E-state index contributed by atoms with van der Waals surface area (Å²) in [7, 11) is 0. The van der Waals surface area contributed by atoms with Crippen LogP contribution in [0.5, 0.6) is 0 Å². The fraction of sp³-hybridized carbons (Fsp3) is 0.163. The van der Waals surface area contributed by atoms with Gasteiger partial charge >= 0.3 is 0 Å². The molecule has 9 rings (SSSR count). The van der Waals surface area contributed by atoms with Gasteiger partial charge in [-0.1, -0.05) is 87.0 Å². The molecule has 0 unspecified atom stereocenters. The molecule has 0 saturated carbocycles. The van der Waals surface area contributed by atoms with Crippen LogP contribution in [-0.2, 0) is 50.9 Å². The third kappa shape index (κ3) is 5.52. The van der Waals surface area contributed by atoms with Crippen LogP contribution in [0.1, 0.15) is 48.6 Å². The number of nitrogens with zero attached hydrogens (tertiary/aromatic N) is 4. The molecule has 0 amide bonds. The first-order valence-corrected chi connectivity index (χ1v) is 16.5. The number of hydrogen-bond donors (Lipinski definition) is 0. The fourth-order valence-corrected chi connectivity index (χ4v) is 6.92. The zero-order chi connectivity index (χ0) is 32.4. The van der Waals surface area contributed by atoms with Crippen LogP contribution in [0.25, 0.3) is 50.0 Å². The van der Waals surface area contributed by atoms with Crippen LogP contribution < -0.4 is 4.57 Å². The SMILES string of the molecule is CC(C)(C)c1cc(Cc2[c-]c3c(cc2)c2ccccc2n3-c2cc3c(cn2)COC3)[c-]c(-n2[c-][n+](-c3ccccc3)c3ccccc32)c1.[Pt]. The maximum atomic E-state index is 5.70. The zero-order valence-corrected chi connectivity index (χ0v) is 29.9. The van der Waals surface area contributed by atoms with E-state index >= 15 is 0 Å². The van der Waals surface area contributed by atoms with E-state index in [1.54, 1.807) is 0 Å². The minimum atomic E-state index is -0.0556. The van der Waals surface area contributed by atoms with Gasteiger partial charge in [0.1, 0.15) is 5.82 Å². The summed E-state index contributed by atoms with van der Waals surface area (Å²) in [5.41, 5.74) is 12.2. The Morgan fingerprint density at radius 3 is 2.35 bits per heavy atom. The molecule has 5 aromatic carbocycles. The first-order chi connectivity index (χ1) is 23.4. The summed E-state index contributed by atoms with van der Waals surface area (Å²) < 4.78 is 12.2. The summed E-state index contributed by atoms with van der Waals surface area (Å²) in [5.74, 6) is 0.893. The van der Waals surface area contributed by atoms with E-state index in [9.17, 15) is 0 Å². The Labute approximate surface area is 300 Å². The number of hydrogen-bond acceptors (Lipinski definition) is 2. The van der Waals surface area contributed by atoms with Crippen molar-refractivity contribution in [2.24, 2.45) is 0 Å². The Hall–Kier alpha value is -4.83. The number of benzene rings is 5. The largest absolute Gasteiger partial charge is 0.372 e. The van der Waals surface area contributed by atoms with Crippen molar-refractivity contribution >= 4 is 32.8 Å². The van der Waals surface area contributed by atoms with Crippen LogP contribution in [0.2, 0.25) is 0 Å². The average Bonchev–Trinajstić information content (AvgIpc) is 3.82. The molecule has 4 heterocycles. The predicted molar refractivity (Wildman–Crippen MR) is 190 cm³/mol. The smallest absolute Gasteiger partial charge is 0.268 e. The Morgan fingerprint density at radius 2 is 1.51 bits per heavy atom. The molecule has 0 fully saturated rings. The summed E-state index contributed by atoms with van der Waals surface area (Å²) in [6.45, 7) is 8.05. The summed E-state index contributed by atoms with van der Waals surface area (Å²) in [5, 5.41) is 2.36. The predicted octanol–water partition coefficient (Wildman–Crippen LogP) is 8.72. The first-order valence-electron chi connectivity index (χ1n) is 16.5. The molecule has 8 aromatic rings. The quantitative estimate of drug-likeness (QED) is 0.129. The standard InChI is InChI=1S/C43H34N4O.Pt/c1-43(2,3)33-20-30(21-35(24-33)46-28-45(34-11-5-4-6-12-34)39-15-9-10-16-40(39)46)19-29-17-18-37-36-13-7-8-14-38(36)47(41(37)22-29)42-23-31-26-48-27-32(31)25-44-42;/h4-18,20,23-25H,19,26-27H2,1-3H3;/q-2;. The van der Waals surface area contributed by atoms with Crippen molar-refractivity contribution in [3.63, 3.8) is 0 Å². The molecular weight excluding hydrogens is 784 g/mol. The van der Waals surface area contributed by atoms with Gasteiger partial charge in [-0.05, 0) is 52.7 Å². The second-order valence-corrected chi connectivity index (χ2v) is 13.7. The molecule has 0 N–H and O–H groups in total. The summed E-state index contributed by atoms with van der Waals surface area (Å²) in [4.78, 5) is 4.89. The molecule has 244 valence electrons. The van der Waals surface area contributed by atoms with E-state index in [1.165, 1.54) is 21.9 Å². The summed E-state index contributed by atoms with van der Waals surface area (Å²) in [6, 6.07) is 46.2. The molecule has 0 aliphatic carbocycles. The van der Waals surface area contributed by atoms with Crippen molar-refractivity contribution in [3.05, 3.63) is 162 Å². The molecule has 0 radical (unpaired) electrons. The van der Waals surface area contributed by atoms with Crippen molar-refractivity contribution in [3.8, 4) is 17.2 Å². The molecular formula is C43H34N4OPt-2. The van der Waals surface area contributed by atoms with Gasteiger partial charge in [0.05, 0.1) is 29.9 Å². The fourth-order valence-electron chi connectivity index (χ4n) is 6.92. The molecule has 0 atom stereocenters. The van der Waals surface area contributed by atoms with Crippen molar-refractivity contribution in [2.75, 3.05) is 0 Å². The molecule has 1 aliphatic heterocycles. The van der Waals surface area contributed by atoms with Crippen LogP contribution in [-0.4, -0.2) is 14.1 Å². The topological polar surface area (TPSA) is 35.9 Å². The number of para-hydroxylation sites is 4. The molecule has 5 nitrogen and oxygen atoms in total. The third-order valence-electron chi connectivity index (χ3n) is 9.43. The van der Waals surface area contributed by atoms with Crippen LogP contribution in [0.4, 0.5) is 0 Å². The van der Waals surface area contributed by atoms with Crippen LogP contribution in [0, 0.1) is 18.5 Å². The molecule has 0 spiro atoms. The van der Waals surface area contributed by atoms with Gasteiger partial charge in [-0.25, -0.2) is 4.98 Å². The zero-order valence-electron chi connectivity index (χ0n) is 27.6. The van der Waals surface area contributed by atoms with Crippen molar-refractivity contribution in [2.45, 2.75) is 45.8 Å². The van der Waals surface area contributed by atoms with Gasteiger partial charge in [-0.2, -0.15) is 53.1 Å². The van der Waals surface area contributed by atoms with E-state index < -0.39 is 0 Å². The van der Waals surface area contributed by atoms with Crippen molar-refractivity contribution in [1.82, 2.24) is 14.1 Å². The normalized spacial score (nSPS) is 12.9. The molecule has 3 aromatic heterocycles.